The number of carbonyl (C=O) groups is 1. The molecule has 4 heterocycles. The molecule has 1 N–H and O–H groups in total. The van der Waals surface area contributed by atoms with Crippen LogP contribution in [-0.2, 0) is 11.2 Å². The molecule has 1 amide bonds. The quantitative estimate of drug-likeness (QED) is 0.784. The number of thiophene rings is 1. The number of nitrogens with zero attached hydrogens (tertiary/aromatic N) is 4. The predicted molar refractivity (Wildman–Crippen MR) is 82.6 cm³/mol. The smallest absolute Gasteiger partial charge is 0.253 e. The zero-order valence-electron chi connectivity index (χ0n) is 10.9. The minimum absolute atomic E-state index is 0.0738. The van der Waals surface area contributed by atoms with Gasteiger partial charge in [0.05, 0.1) is 0 Å². The number of nitrogens with one attached hydrogen (secondary N) is 1. The Labute approximate surface area is 128 Å². The molecule has 0 saturated carbocycles. The molecule has 0 bridgehead atoms. The number of hydrogen-bond donors (Lipinski definition) is 1. The van der Waals surface area contributed by atoms with Crippen molar-refractivity contribution in [3.05, 3.63) is 40.3 Å². The Hall–Kier alpha value is -1.93. The van der Waals surface area contributed by atoms with Gasteiger partial charge in [-0.2, -0.15) is 4.98 Å². The highest BCUT2D eigenvalue weighted by Crippen LogP contribution is 2.39. The van der Waals surface area contributed by atoms with Crippen molar-refractivity contribution in [2.45, 2.75) is 11.7 Å². The number of anilines is 1. The Bertz CT molecular complexity index is 779. The Balaban J connectivity index is 1.59. The lowest BCUT2D eigenvalue weighted by molar-refractivity contribution is -0.115. The topological polar surface area (TPSA) is 72.2 Å². The Morgan fingerprint density at radius 3 is 3.33 bits per heavy atom. The lowest BCUT2D eigenvalue weighted by Gasteiger charge is -2.20. The average molecular weight is 317 g/mol. The highest BCUT2D eigenvalue weighted by Gasteiger charge is 2.28. The fourth-order valence-corrected chi connectivity index (χ4v) is 4.62. The zero-order valence-corrected chi connectivity index (χ0v) is 12.5. The lowest BCUT2D eigenvalue weighted by atomic mass is 10.1. The summed E-state index contributed by atoms with van der Waals surface area (Å²) in [6, 6.07) is 3.80. The normalized spacial score (nSPS) is 17.6. The summed E-state index contributed by atoms with van der Waals surface area (Å²) in [4.78, 5) is 22.0. The lowest BCUT2D eigenvalue weighted by Crippen LogP contribution is -2.22. The zero-order chi connectivity index (χ0) is 14.2. The molecule has 4 rings (SSSR count). The van der Waals surface area contributed by atoms with Gasteiger partial charge < -0.3 is 0 Å². The largest absolute Gasteiger partial charge is 0.292 e. The monoisotopic (exact) mass is 317 g/mol. The van der Waals surface area contributed by atoms with E-state index in [0.717, 1.165) is 17.7 Å². The van der Waals surface area contributed by atoms with Crippen LogP contribution in [0.15, 0.2) is 29.9 Å². The first kappa shape index (κ1) is 12.8. The van der Waals surface area contributed by atoms with Gasteiger partial charge in [0.25, 0.3) is 11.7 Å². The van der Waals surface area contributed by atoms with E-state index in [0.29, 0.717) is 11.7 Å². The van der Waals surface area contributed by atoms with Gasteiger partial charge in [-0.3, -0.25) is 10.1 Å². The Morgan fingerprint density at radius 1 is 1.48 bits per heavy atom. The summed E-state index contributed by atoms with van der Waals surface area (Å²) in [7, 11) is 0. The van der Waals surface area contributed by atoms with E-state index >= 15 is 0 Å². The fraction of sp³-hybridized carbons (Fsp3) is 0.231. The number of rotatable bonds is 2. The van der Waals surface area contributed by atoms with Gasteiger partial charge in [0.1, 0.15) is 5.25 Å². The molecule has 1 atom stereocenters. The second kappa shape index (κ2) is 5.12. The van der Waals surface area contributed by atoms with Gasteiger partial charge in [-0.1, -0.05) is 0 Å². The second-order valence-corrected chi connectivity index (χ2v) is 6.80. The summed E-state index contributed by atoms with van der Waals surface area (Å²) in [5, 5.41) is 8.85. The van der Waals surface area contributed by atoms with Crippen molar-refractivity contribution in [3.8, 4) is 0 Å². The van der Waals surface area contributed by atoms with E-state index in [9.17, 15) is 4.79 Å². The minimum atomic E-state index is -0.181. The van der Waals surface area contributed by atoms with E-state index in [2.05, 4.69) is 20.4 Å². The van der Waals surface area contributed by atoms with E-state index in [1.54, 1.807) is 46.1 Å². The maximum Gasteiger partial charge on any atom is 0.253 e. The van der Waals surface area contributed by atoms with Crippen molar-refractivity contribution >= 4 is 40.7 Å². The molecule has 106 valence electrons. The van der Waals surface area contributed by atoms with Gasteiger partial charge in [-0.05, 0) is 35.2 Å². The number of hydrogen-bond acceptors (Lipinski definition) is 6. The average Bonchev–Trinajstić information content (AvgIpc) is 3.12. The molecule has 1 aliphatic heterocycles. The first-order chi connectivity index (χ1) is 10.3. The minimum Gasteiger partial charge on any atom is -0.292 e. The molecule has 0 spiro atoms. The van der Waals surface area contributed by atoms with Crippen molar-refractivity contribution in [1.29, 1.82) is 0 Å². The fourth-order valence-electron chi connectivity index (χ4n) is 2.33. The van der Waals surface area contributed by atoms with E-state index in [-0.39, 0.29) is 11.2 Å². The number of amides is 1. The van der Waals surface area contributed by atoms with Crippen molar-refractivity contribution in [3.63, 3.8) is 0 Å². The molecule has 0 saturated heterocycles. The van der Waals surface area contributed by atoms with E-state index in [1.165, 1.54) is 4.88 Å². The standard InChI is InChI=1S/C13H11N5OS2/c19-11(10-8-2-6-20-9(8)3-7-21-10)15-12-16-13-14-4-1-5-18(13)17-12/h1-2,4-6,10H,3,7H2,(H,15,17,19)/t10-/m1/s1. The van der Waals surface area contributed by atoms with Crippen LogP contribution in [0.2, 0.25) is 0 Å². The van der Waals surface area contributed by atoms with Crippen LogP contribution in [0.5, 0.6) is 0 Å². The number of aryl methyl sites for hydroxylation is 1. The van der Waals surface area contributed by atoms with Gasteiger partial charge >= 0.3 is 0 Å². The molecular weight excluding hydrogens is 306 g/mol. The second-order valence-electron chi connectivity index (χ2n) is 4.59. The van der Waals surface area contributed by atoms with Crippen molar-refractivity contribution < 1.29 is 4.79 Å². The van der Waals surface area contributed by atoms with E-state index in [4.69, 9.17) is 0 Å². The summed E-state index contributed by atoms with van der Waals surface area (Å²) < 4.78 is 1.54. The van der Waals surface area contributed by atoms with Gasteiger partial charge in [-0.15, -0.1) is 28.2 Å². The maximum absolute atomic E-state index is 12.5. The molecule has 0 aromatic carbocycles. The van der Waals surface area contributed by atoms with Crippen molar-refractivity contribution in [2.24, 2.45) is 0 Å². The van der Waals surface area contributed by atoms with Gasteiger partial charge in [-0.25, -0.2) is 9.50 Å². The number of carbonyl (C=O) groups excluding carboxylic acids is 1. The molecule has 1 aliphatic rings. The summed E-state index contributed by atoms with van der Waals surface area (Å²) in [5.74, 6) is 1.66. The Kier molecular flexibility index (Phi) is 3.12. The van der Waals surface area contributed by atoms with Crippen LogP contribution in [0, 0.1) is 0 Å². The SMILES string of the molecule is O=C(Nc1nc2ncccn2n1)[C@@H]1SCCc2sccc21. The molecule has 8 heteroatoms. The third kappa shape index (κ3) is 2.30. The van der Waals surface area contributed by atoms with Crippen LogP contribution in [-0.4, -0.2) is 31.2 Å². The van der Waals surface area contributed by atoms with Crippen LogP contribution in [0.25, 0.3) is 5.78 Å². The molecule has 0 radical (unpaired) electrons. The third-order valence-corrected chi connectivity index (χ3v) is 5.50. The summed E-state index contributed by atoms with van der Waals surface area (Å²) in [6.45, 7) is 0. The van der Waals surface area contributed by atoms with Crippen LogP contribution in [0.1, 0.15) is 15.7 Å². The number of fused-ring (bicyclic) bond motifs is 2. The van der Waals surface area contributed by atoms with Gasteiger partial charge in [0.2, 0.25) is 5.91 Å². The summed E-state index contributed by atoms with van der Waals surface area (Å²) in [6.07, 6.45) is 4.43. The Morgan fingerprint density at radius 2 is 2.43 bits per heavy atom. The highest BCUT2D eigenvalue weighted by molar-refractivity contribution is 8.00. The van der Waals surface area contributed by atoms with Crippen molar-refractivity contribution in [1.82, 2.24) is 19.6 Å². The predicted octanol–water partition coefficient (Wildman–Crippen LogP) is 2.15. The molecule has 6 nitrogen and oxygen atoms in total. The van der Waals surface area contributed by atoms with Gasteiger partial charge in [0.15, 0.2) is 0 Å². The molecular formula is C13H11N5OS2. The molecule has 0 unspecified atom stereocenters. The van der Waals surface area contributed by atoms with E-state index < -0.39 is 0 Å². The molecule has 21 heavy (non-hydrogen) atoms. The first-order valence-electron chi connectivity index (χ1n) is 6.47. The molecule has 0 fully saturated rings. The van der Waals surface area contributed by atoms with Crippen LogP contribution in [0.3, 0.4) is 0 Å². The van der Waals surface area contributed by atoms with Crippen LogP contribution < -0.4 is 5.32 Å². The molecule has 0 aliphatic carbocycles. The molecule has 3 aromatic heterocycles. The molecule has 3 aromatic rings. The van der Waals surface area contributed by atoms with E-state index in [1.807, 2.05) is 11.4 Å². The maximum atomic E-state index is 12.5. The first-order valence-corrected chi connectivity index (χ1v) is 8.40. The highest BCUT2D eigenvalue weighted by atomic mass is 32.2. The van der Waals surface area contributed by atoms with Crippen molar-refractivity contribution in [2.75, 3.05) is 11.1 Å². The number of thioether (sulfide) groups is 1. The number of aromatic nitrogens is 4. The van der Waals surface area contributed by atoms with Crippen LogP contribution in [0.4, 0.5) is 5.95 Å². The third-order valence-electron chi connectivity index (χ3n) is 3.27. The van der Waals surface area contributed by atoms with Crippen LogP contribution >= 0.6 is 23.1 Å². The van der Waals surface area contributed by atoms with Gasteiger partial charge in [0, 0.05) is 17.3 Å². The summed E-state index contributed by atoms with van der Waals surface area (Å²) in [5.41, 5.74) is 1.12. The summed E-state index contributed by atoms with van der Waals surface area (Å²) >= 11 is 3.38.